The Hall–Kier alpha value is 0.573. The summed E-state index contributed by atoms with van der Waals surface area (Å²) in [6.45, 7) is 7.69. The monoisotopic (exact) mass is 541 g/mol. The molecular weight excluding hydrogens is 504 g/mol. The van der Waals surface area contributed by atoms with Gasteiger partial charge in [-0.25, -0.2) is 0 Å². The number of rotatable bonds is 4. The molecule has 0 radical (unpaired) electrons. The number of halogens is 1. The molecule has 128 valence electrons. The smallest absolute Gasteiger partial charge is 4.00 e. The summed E-state index contributed by atoms with van der Waals surface area (Å²) in [7, 11) is 0. The van der Waals surface area contributed by atoms with Gasteiger partial charge < -0.3 is 17.2 Å². The van der Waals surface area contributed by atoms with Crippen LogP contribution in [0.2, 0.25) is 11.5 Å². The molecule has 1 rings (SSSR count). The summed E-state index contributed by atoms with van der Waals surface area (Å²) in [5.74, 6) is 3.49. The maximum absolute atomic E-state index is 13.1. The van der Waals surface area contributed by atoms with Crippen LogP contribution in [0.15, 0.2) is 24.3 Å². The van der Waals surface area contributed by atoms with Crippen molar-refractivity contribution in [2.75, 3.05) is 19.6 Å². The first kappa shape index (κ1) is 30.5. The summed E-state index contributed by atoms with van der Waals surface area (Å²) in [4.78, 5) is 0. The third-order valence-electron chi connectivity index (χ3n) is 2.10. The fraction of sp³-hybridized carbons (Fsp3) is 0.688. The molecule has 1 aromatic carbocycles. The van der Waals surface area contributed by atoms with E-state index in [0.29, 0.717) is 19.6 Å². The largest absolute Gasteiger partial charge is 4.00 e. The Kier molecular flexibility index (Phi) is 33.0. The Labute approximate surface area is 159 Å². The fourth-order valence-corrected chi connectivity index (χ4v) is 2.84. The van der Waals surface area contributed by atoms with Crippen molar-refractivity contribution >= 4 is 18.1 Å². The van der Waals surface area contributed by atoms with Gasteiger partial charge in [0.15, 0.2) is 0 Å². The van der Waals surface area contributed by atoms with Gasteiger partial charge in [-0.15, -0.1) is 0 Å². The molecule has 0 aliphatic rings. The molecule has 0 atom stereocenters. The van der Waals surface area contributed by atoms with Crippen LogP contribution in [-0.4, -0.2) is 33.4 Å². The zero-order valence-electron chi connectivity index (χ0n) is 14.9. The van der Waals surface area contributed by atoms with Gasteiger partial charge in [0.1, 0.15) is 0 Å². The SMILES string of the molecule is CCC[NH-].CCC[NH-].CCC[NH-].[CH3][Ge]([CH3])([F])[c-]1cccc1.[Hf+4]. The molecule has 0 saturated carbocycles. The minimum atomic E-state index is -2.94. The third-order valence-corrected chi connectivity index (χ3v) is 5.68. The van der Waals surface area contributed by atoms with Crippen LogP contribution in [0.4, 0.5) is 3.50 Å². The zero-order valence-corrected chi connectivity index (χ0v) is 20.6. The van der Waals surface area contributed by atoms with E-state index in [1.54, 1.807) is 11.5 Å². The van der Waals surface area contributed by atoms with E-state index < -0.39 is 13.7 Å². The summed E-state index contributed by atoms with van der Waals surface area (Å²) in [6.07, 6.45) is 2.96. The predicted molar refractivity (Wildman–Crippen MR) is 98.7 cm³/mol. The minimum absolute atomic E-state index is 0. The van der Waals surface area contributed by atoms with Crippen molar-refractivity contribution in [3.63, 3.8) is 0 Å². The van der Waals surface area contributed by atoms with Crippen LogP contribution in [0.1, 0.15) is 40.0 Å². The van der Waals surface area contributed by atoms with E-state index in [1.165, 1.54) is 0 Å². The van der Waals surface area contributed by atoms with Gasteiger partial charge in [0.05, 0.1) is 0 Å². The molecule has 0 aliphatic carbocycles. The van der Waals surface area contributed by atoms with Crippen LogP contribution >= 0.6 is 0 Å². The molecule has 0 heterocycles. The molecule has 0 amide bonds. The molecule has 0 unspecified atom stereocenters. The van der Waals surface area contributed by atoms with Gasteiger partial charge in [0.2, 0.25) is 0 Å². The van der Waals surface area contributed by atoms with E-state index in [9.17, 15) is 3.50 Å². The van der Waals surface area contributed by atoms with Crippen LogP contribution < -0.4 is 4.40 Å². The van der Waals surface area contributed by atoms with Gasteiger partial charge in [-0.2, -0.15) is 19.6 Å². The van der Waals surface area contributed by atoms with Crippen molar-refractivity contribution in [3.8, 4) is 0 Å². The van der Waals surface area contributed by atoms with Crippen LogP contribution in [0.25, 0.3) is 17.2 Å². The normalized spacial score (nSPS) is 8.95. The Balaban J connectivity index is -0.000000107. The average molecular weight is 539 g/mol. The van der Waals surface area contributed by atoms with Crippen LogP contribution in [0.3, 0.4) is 0 Å². The molecule has 0 fully saturated rings. The summed E-state index contributed by atoms with van der Waals surface area (Å²) in [5.41, 5.74) is 19.4. The minimum Gasteiger partial charge on any atom is 4.00 e. The quantitative estimate of drug-likeness (QED) is 0.327. The maximum atomic E-state index is 13.1. The van der Waals surface area contributed by atoms with Crippen molar-refractivity contribution in [3.05, 3.63) is 41.5 Å². The van der Waals surface area contributed by atoms with Crippen molar-refractivity contribution in [2.24, 2.45) is 0 Å². The molecule has 0 saturated heterocycles. The van der Waals surface area contributed by atoms with Gasteiger partial charge >= 0.3 is 83.2 Å². The topological polar surface area (TPSA) is 71.4 Å². The zero-order chi connectivity index (χ0) is 17.1. The summed E-state index contributed by atoms with van der Waals surface area (Å²) in [6, 6.07) is 7.53. The first-order valence-electron chi connectivity index (χ1n) is 7.70. The summed E-state index contributed by atoms with van der Waals surface area (Å²) >= 11 is -2.94. The van der Waals surface area contributed by atoms with E-state index in [-0.39, 0.29) is 25.8 Å². The number of hydrogen-bond donors (Lipinski definition) is 0. The Morgan fingerprint density at radius 1 is 0.818 bits per heavy atom. The predicted octanol–water partition coefficient (Wildman–Crippen LogP) is 6.13. The first-order valence-corrected chi connectivity index (χ1v) is 13.7. The molecule has 3 N–H and O–H groups in total. The standard InChI is InChI=1S/C7H10FGe.3C3H8N.Hf/c1-9(2,8)7-5-3-4-6-7;3*1-2-3-4;/h3-6H,1-2H3;3*4H,2-3H2,1H3;/q4*-1;+4. The Bertz CT molecular complexity index is 249. The Morgan fingerprint density at radius 3 is 1.14 bits per heavy atom. The second kappa shape index (κ2) is 23.8. The van der Waals surface area contributed by atoms with Gasteiger partial charge in [0.25, 0.3) is 0 Å². The van der Waals surface area contributed by atoms with Crippen molar-refractivity contribution in [1.29, 1.82) is 0 Å². The van der Waals surface area contributed by atoms with Crippen molar-refractivity contribution in [2.45, 2.75) is 51.5 Å². The van der Waals surface area contributed by atoms with Crippen LogP contribution in [0, 0.1) is 0 Å². The molecule has 0 aliphatic heterocycles. The molecular formula is C16H34FGeHfN3. The molecule has 0 aromatic heterocycles. The Morgan fingerprint density at radius 2 is 1.05 bits per heavy atom. The summed E-state index contributed by atoms with van der Waals surface area (Å²) in [5, 5.41) is 0. The molecule has 1 aromatic rings. The molecule has 3 nitrogen and oxygen atoms in total. The molecule has 6 heteroatoms. The second-order valence-electron chi connectivity index (χ2n) is 4.90. The van der Waals surface area contributed by atoms with E-state index >= 15 is 0 Å². The summed E-state index contributed by atoms with van der Waals surface area (Å²) < 4.78 is 14.1. The van der Waals surface area contributed by atoms with Gasteiger partial charge in [0, 0.05) is 0 Å². The average Bonchev–Trinajstić information content (AvgIpc) is 3.02. The van der Waals surface area contributed by atoms with Crippen molar-refractivity contribution < 1.29 is 29.3 Å². The van der Waals surface area contributed by atoms with E-state index in [2.05, 4.69) is 0 Å². The number of nitrogens with one attached hydrogen (secondary N) is 3. The molecule has 0 spiro atoms. The maximum Gasteiger partial charge on any atom is 4.00 e. The third kappa shape index (κ3) is 28.7. The second-order valence-corrected chi connectivity index (χ2v) is 12.3. The van der Waals surface area contributed by atoms with E-state index in [4.69, 9.17) is 17.2 Å². The fourth-order valence-electron chi connectivity index (χ4n) is 0.770. The van der Waals surface area contributed by atoms with Gasteiger partial charge in [-0.3, -0.25) is 0 Å². The molecule has 22 heavy (non-hydrogen) atoms. The van der Waals surface area contributed by atoms with E-state index in [1.807, 2.05) is 45.0 Å². The first-order chi connectivity index (χ1) is 9.85. The van der Waals surface area contributed by atoms with Crippen molar-refractivity contribution in [1.82, 2.24) is 0 Å². The van der Waals surface area contributed by atoms with Gasteiger partial charge in [-0.1, -0.05) is 40.0 Å². The van der Waals surface area contributed by atoms with E-state index in [0.717, 1.165) is 23.7 Å². The van der Waals surface area contributed by atoms with Crippen LogP contribution in [0.5, 0.6) is 0 Å². The van der Waals surface area contributed by atoms with Crippen LogP contribution in [-0.2, 0) is 25.8 Å². The number of hydrogen-bond acceptors (Lipinski definition) is 0. The molecule has 0 bridgehead atoms. The van der Waals surface area contributed by atoms with Gasteiger partial charge in [-0.05, 0) is 0 Å².